The zero-order valence-electron chi connectivity index (χ0n) is 58.0. The maximum atomic E-state index is 12.9. The van der Waals surface area contributed by atoms with E-state index in [2.05, 4.69) is 125 Å². The van der Waals surface area contributed by atoms with Crippen LogP contribution in [0.5, 0.6) is 0 Å². The van der Waals surface area contributed by atoms with Gasteiger partial charge in [0.25, 0.3) is 15.6 Å². The summed E-state index contributed by atoms with van der Waals surface area (Å²) in [6.07, 6.45) is 62.3. The Hall–Kier alpha value is -2.02. The Labute approximate surface area is 601 Å². The molecule has 0 amide bonds. The third kappa shape index (κ3) is 69.3. The molecule has 0 saturated heterocycles. The van der Waals surface area contributed by atoms with Crippen molar-refractivity contribution in [2.75, 3.05) is 39.6 Å². The number of allylic oxidation sites excluding steroid dienone is 16. The van der Waals surface area contributed by atoms with Crippen LogP contribution in [0.15, 0.2) is 97.2 Å². The molecule has 0 aliphatic carbocycles. The number of carbonyl (C=O) groups excluding carboxylic acids is 4. The van der Waals surface area contributed by atoms with Crippen molar-refractivity contribution in [2.24, 2.45) is 0 Å². The maximum absolute atomic E-state index is 12.9. The van der Waals surface area contributed by atoms with Gasteiger partial charge in [-0.15, -0.1) is 0 Å². The molecule has 1 N–H and O–H groups in total. The first-order valence-electron chi connectivity index (χ1n) is 34.4. The van der Waals surface area contributed by atoms with Gasteiger partial charge in [0.15, 0.2) is 12.2 Å². The number of aliphatic hydroxyl groups is 1. The Morgan fingerprint density at radius 2 is 0.587 bits per heavy atom. The monoisotopic (exact) mass is 1350 g/mol. The minimum Gasteiger partial charge on any atom is -0.756 e. The van der Waals surface area contributed by atoms with E-state index in [9.17, 15) is 43.2 Å². The minimum atomic E-state index is -5.24. The van der Waals surface area contributed by atoms with E-state index in [1.165, 1.54) is 38.5 Å². The molecule has 0 heterocycles. The van der Waals surface area contributed by atoms with Crippen molar-refractivity contribution in [1.29, 1.82) is 0 Å². The molecule has 0 aromatic carbocycles. The third-order valence-electron chi connectivity index (χ3n) is 14.0. The number of phosphoric acid groups is 2. The topological polar surface area (TPSA) is 243 Å². The Kier molecular flexibility index (Phi) is 72.0. The number of rotatable bonds is 64. The molecule has 0 fully saturated rings. The van der Waals surface area contributed by atoms with E-state index in [4.69, 9.17) is 37.0 Å². The molecule has 0 aromatic rings. The molecular formula is C71H120Na2O17P2. The van der Waals surface area contributed by atoms with E-state index in [1.54, 1.807) is 0 Å². The zero-order chi connectivity index (χ0) is 66.1. The molecule has 5 atom stereocenters. The van der Waals surface area contributed by atoms with Crippen LogP contribution in [-0.4, -0.2) is 86.9 Å². The van der Waals surface area contributed by atoms with Gasteiger partial charge in [0.1, 0.15) is 19.3 Å². The fourth-order valence-corrected chi connectivity index (χ4v) is 10.2. The smallest absolute Gasteiger partial charge is 0.756 e. The van der Waals surface area contributed by atoms with Gasteiger partial charge in [-0.3, -0.25) is 28.3 Å². The molecule has 0 saturated carbocycles. The van der Waals surface area contributed by atoms with Crippen molar-refractivity contribution in [2.45, 2.75) is 290 Å². The van der Waals surface area contributed by atoms with Gasteiger partial charge in [-0.2, -0.15) is 0 Å². The number of carbonyl (C=O) groups is 4. The first-order valence-corrected chi connectivity index (χ1v) is 37.4. The molecule has 0 rings (SSSR count). The molecule has 0 spiro atoms. The zero-order valence-corrected chi connectivity index (χ0v) is 63.7. The van der Waals surface area contributed by atoms with Crippen molar-refractivity contribution in [3.8, 4) is 0 Å². The summed E-state index contributed by atoms with van der Waals surface area (Å²) in [5.41, 5.74) is 0. The number of phosphoric ester groups is 2. The van der Waals surface area contributed by atoms with Gasteiger partial charge in [0.2, 0.25) is 0 Å². The van der Waals surface area contributed by atoms with Crippen LogP contribution < -0.4 is 68.9 Å². The second-order valence-electron chi connectivity index (χ2n) is 22.7. The number of hydrogen-bond acceptors (Lipinski definition) is 17. The quantitative estimate of drug-likeness (QED) is 0.0149. The van der Waals surface area contributed by atoms with E-state index in [0.29, 0.717) is 25.7 Å². The maximum Gasteiger partial charge on any atom is 1.00 e. The van der Waals surface area contributed by atoms with Crippen LogP contribution in [0.2, 0.25) is 0 Å². The first kappa shape index (κ1) is 94.2. The summed E-state index contributed by atoms with van der Waals surface area (Å²) >= 11 is 0. The average Bonchev–Trinajstić information content (AvgIpc) is 2.14. The fraction of sp³-hybridized carbons (Fsp3) is 0.718. The van der Waals surface area contributed by atoms with Crippen molar-refractivity contribution in [3.63, 3.8) is 0 Å². The molecule has 5 unspecified atom stereocenters. The van der Waals surface area contributed by atoms with Crippen molar-refractivity contribution >= 4 is 39.5 Å². The second-order valence-corrected chi connectivity index (χ2v) is 25.5. The van der Waals surface area contributed by atoms with Gasteiger partial charge in [0.05, 0.1) is 26.4 Å². The third-order valence-corrected chi connectivity index (χ3v) is 15.8. The van der Waals surface area contributed by atoms with Crippen molar-refractivity contribution < 1.29 is 139 Å². The van der Waals surface area contributed by atoms with Gasteiger partial charge >= 0.3 is 83.0 Å². The number of hydrogen-bond donors (Lipinski definition) is 1. The second kappa shape index (κ2) is 70.3. The summed E-state index contributed by atoms with van der Waals surface area (Å²) in [5.74, 6) is -2.35. The predicted molar refractivity (Wildman–Crippen MR) is 358 cm³/mol. The molecule has 21 heteroatoms. The van der Waals surface area contributed by atoms with E-state index in [0.717, 1.165) is 154 Å². The standard InChI is InChI=1S/C71H122O17P2.2Na/c1-5-9-13-17-21-25-29-32-36-40-44-48-52-56-69(74)82-62-67(88-71(76)58-54-50-46-42-38-34-31-27-23-19-15-11-7-3)64-86-90(79,80)84-60-65(72)59-83-89(77,78)85-63-66(61-81-68(73)55-51-47-43-39-35-28-24-20-16-12-8-4)87-70(75)57-53-49-45-41-37-33-30-26-22-18-14-10-6-2;;/h12,16-19,21-24,28-34,65-67,72H,5-11,13-15,20,25-27,35-64H2,1-4H3,(H,77,78)(H,79,80);;/q;2*+1/p-2/b16-12-,21-17-,22-18-,23-19-,28-24-,32-29-,33-30-,34-31-;;. The Morgan fingerprint density at radius 3 is 0.870 bits per heavy atom. The van der Waals surface area contributed by atoms with E-state index in [-0.39, 0.29) is 84.8 Å². The van der Waals surface area contributed by atoms with Crippen LogP contribution in [0, 0.1) is 0 Å². The summed E-state index contributed by atoms with van der Waals surface area (Å²) in [4.78, 5) is 77.0. The SMILES string of the molecule is CC/C=C\C/C=C\CCCCCCC(=O)OCC(COP(=O)([O-])OCC(O)COP(=O)([O-])OCC(COC(=O)CCCCCC/C=C\C/C=C\CCCC)OC(=O)CCCCCC/C=C\C/C=C\CCCC)OC(=O)CCCCCC/C=C\C/C=C\CCCC.[Na+].[Na+]. The van der Waals surface area contributed by atoms with Gasteiger partial charge in [0, 0.05) is 25.7 Å². The molecule has 0 aliphatic rings. The van der Waals surface area contributed by atoms with Gasteiger partial charge < -0.3 is 51.9 Å². The van der Waals surface area contributed by atoms with Crippen LogP contribution in [0.3, 0.4) is 0 Å². The molecule has 17 nitrogen and oxygen atoms in total. The predicted octanol–water partition coefficient (Wildman–Crippen LogP) is 11.6. The van der Waals surface area contributed by atoms with E-state index < -0.39 is 97.5 Å². The van der Waals surface area contributed by atoms with Gasteiger partial charge in [-0.05, 0) is 128 Å². The summed E-state index contributed by atoms with van der Waals surface area (Å²) in [6, 6.07) is 0. The van der Waals surface area contributed by atoms with E-state index in [1.807, 2.05) is 0 Å². The Balaban J connectivity index is -0.0000396. The fourth-order valence-electron chi connectivity index (χ4n) is 8.65. The van der Waals surface area contributed by atoms with Gasteiger partial charge in [-0.1, -0.05) is 215 Å². The molecule has 0 radical (unpaired) electrons. The molecule has 0 bridgehead atoms. The Bertz CT molecular complexity index is 2110. The summed E-state index contributed by atoms with van der Waals surface area (Å²) in [6.45, 7) is 4.10. The summed E-state index contributed by atoms with van der Waals surface area (Å²) < 4.78 is 67.2. The molecule has 92 heavy (non-hydrogen) atoms. The van der Waals surface area contributed by atoms with Crippen LogP contribution in [0.25, 0.3) is 0 Å². The average molecular weight is 1350 g/mol. The van der Waals surface area contributed by atoms with E-state index >= 15 is 0 Å². The Morgan fingerprint density at radius 1 is 0.337 bits per heavy atom. The van der Waals surface area contributed by atoms with Crippen molar-refractivity contribution in [1.82, 2.24) is 0 Å². The largest absolute Gasteiger partial charge is 1.00 e. The van der Waals surface area contributed by atoms with Crippen molar-refractivity contribution in [3.05, 3.63) is 97.2 Å². The number of aliphatic hydroxyl groups excluding tert-OH is 1. The number of esters is 4. The summed E-state index contributed by atoms with van der Waals surface area (Å²) in [5, 5.41) is 10.5. The van der Waals surface area contributed by atoms with Crippen LogP contribution in [0.4, 0.5) is 0 Å². The normalized spacial score (nSPS) is 14.4. The summed E-state index contributed by atoms with van der Waals surface area (Å²) in [7, 11) is -10.5. The molecule has 518 valence electrons. The van der Waals surface area contributed by atoms with Gasteiger partial charge in [-0.25, -0.2) is 0 Å². The minimum absolute atomic E-state index is 0. The molecule has 0 aliphatic heterocycles. The number of unbranched alkanes of at least 4 members (excludes halogenated alkanes) is 22. The number of ether oxygens (including phenoxy) is 4. The first-order chi connectivity index (χ1) is 43.7. The molecule has 0 aromatic heterocycles. The molecular weight excluding hydrogens is 1230 g/mol. The van der Waals surface area contributed by atoms with Crippen LogP contribution in [0.1, 0.15) is 272 Å². The van der Waals surface area contributed by atoms with Crippen LogP contribution >= 0.6 is 15.6 Å². The van der Waals surface area contributed by atoms with Crippen LogP contribution in [-0.2, 0) is 65.4 Å².